The van der Waals surface area contributed by atoms with Gasteiger partial charge in [-0.15, -0.1) is 5.10 Å². The minimum Gasteiger partial charge on any atom is -0.396 e. The normalized spacial score (nSPS) is 18.8. The predicted octanol–water partition coefficient (Wildman–Crippen LogP) is 1.26. The SMILES string of the molecule is OCCc1cn(CC2CCCN(Cc3ccc4nonc4c3)C2)nn1. The van der Waals surface area contributed by atoms with Crippen molar-refractivity contribution >= 4 is 11.0 Å². The number of rotatable bonds is 6. The van der Waals surface area contributed by atoms with E-state index in [2.05, 4.69) is 31.6 Å². The smallest absolute Gasteiger partial charge is 0.135 e. The molecule has 0 radical (unpaired) electrons. The van der Waals surface area contributed by atoms with Crippen molar-refractivity contribution in [2.75, 3.05) is 19.7 Å². The molecule has 1 N–H and O–H groups in total. The van der Waals surface area contributed by atoms with Crippen LogP contribution >= 0.6 is 0 Å². The Morgan fingerprint density at radius 3 is 3.08 bits per heavy atom. The van der Waals surface area contributed by atoms with Gasteiger partial charge < -0.3 is 5.11 Å². The third-order valence-corrected chi connectivity index (χ3v) is 4.73. The molecule has 2 aromatic heterocycles. The third kappa shape index (κ3) is 3.85. The Morgan fingerprint density at radius 1 is 1.24 bits per heavy atom. The number of benzene rings is 1. The molecule has 0 spiro atoms. The van der Waals surface area contributed by atoms with Crippen LogP contribution in [-0.4, -0.2) is 55.0 Å². The van der Waals surface area contributed by atoms with E-state index in [1.165, 1.54) is 18.4 Å². The van der Waals surface area contributed by atoms with Crippen molar-refractivity contribution in [2.45, 2.75) is 32.4 Å². The molecule has 8 heteroatoms. The molecular formula is C17H22N6O2. The molecule has 132 valence electrons. The van der Waals surface area contributed by atoms with Gasteiger partial charge in [-0.2, -0.15) is 0 Å². The van der Waals surface area contributed by atoms with Crippen molar-refractivity contribution in [3.05, 3.63) is 35.7 Å². The highest BCUT2D eigenvalue weighted by molar-refractivity contribution is 5.73. The molecule has 0 aliphatic carbocycles. The summed E-state index contributed by atoms with van der Waals surface area (Å²) < 4.78 is 6.68. The average Bonchev–Trinajstić information content (AvgIpc) is 3.24. The molecule has 0 bridgehead atoms. The van der Waals surface area contributed by atoms with Gasteiger partial charge in [0.2, 0.25) is 0 Å². The molecule has 3 heterocycles. The number of likely N-dealkylation sites (tertiary alicyclic amines) is 1. The Hall–Kier alpha value is -2.32. The Kier molecular flexibility index (Phi) is 4.71. The van der Waals surface area contributed by atoms with Crippen molar-refractivity contribution in [3.8, 4) is 0 Å². The Bertz CT molecular complexity index is 829. The molecule has 8 nitrogen and oxygen atoms in total. The van der Waals surface area contributed by atoms with Gasteiger partial charge >= 0.3 is 0 Å². The summed E-state index contributed by atoms with van der Waals surface area (Å²) in [6.45, 7) is 4.05. The second kappa shape index (κ2) is 7.28. The summed E-state index contributed by atoms with van der Waals surface area (Å²) in [6.07, 6.45) is 4.91. The third-order valence-electron chi connectivity index (χ3n) is 4.73. The van der Waals surface area contributed by atoms with Crippen LogP contribution in [-0.2, 0) is 19.5 Å². The number of hydrogen-bond acceptors (Lipinski definition) is 7. The molecule has 1 saturated heterocycles. The fourth-order valence-electron chi connectivity index (χ4n) is 3.55. The molecule has 0 amide bonds. The van der Waals surface area contributed by atoms with Gasteiger partial charge in [0.05, 0.1) is 5.69 Å². The van der Waals surface area contributed by atoms with E-state index >= 15 is 0 Å². The fraction of sp³-hybridized carbons (Fsp3) is 0.529. The summed E-state index contributed by atoms with van der Waals surface area (Å²) in [7, 11) is 0. The molecular weight excluding hydrogens is 320 g/mol. The number of piperidine rings is 1. The highest BCUT2D eigenvalue weighted by Crippen LogP contribution is 2.21. The minimum atomic E-state index is 0.112. The van der Waals surface area contributed by atoms with Crippen LogP contribution in [0.5, 0.6) is 0 Å². The molecule has 1 aromatic carbocycles. The van der Waals surface area contributed by atoms with E-state index in [1.807, 2.05) is 23.0 Å². The summed E-state index contributed by atoms with van der Waals surface area (Å²) >= 11 is 0. The van der Waals surface area contributed by atoms with Crippen molar-refractivity contribution in [3.63, 3.8) is 0 Å². The molecule has 3 aromatic rings. The van der Waals surface area contributed by atoms with Crippen LogP contribution < -0.4 is 0 Å². The Balaban J connectivity index is 1.36. The van der Waals surface area contributed by atoms with Crippen LogP contribution in [0.2, 0.25) is 0 Å². The second-order valence-electron chi connectivity index (χ2n) is 6.74. The zero-order chi connectivity index (χ0) is 17.1. The van der Waals surface area contributed by atoms with Crippen LogP contribution in [0.3, 0.4) is 0 Å². The van der Waals surface area contributed by atoms with Gasteiger partial charge in [-0.25, -0.2) is 4.63 Å². The lowest BCUT2D eigenvalue weighted by Crippen LogP contribution is -2.36. The van der Waals surface area contributed by atoms with E-state index in [0.717, 1.165) is 42.9 Å². The van der Waals surface area contributed by atoms with E-state index < -0.39 is 0 Å². The van der Waals surface area contributed by atoms with Crippen molar-refractivity contribution in [1.29, 1.82) is 0 Å². The van der Waals surface area contributed by atoms with Crippen molar-refractivity contribution in [1.82, 2.24) is 30.2 Å². The number of aliphatic hydroxyl groups is 1. The highest BCUT2D eigenvalue weighted by Gasteiger charge is 2.21. The number of aliphatic hydroxyl groups excluding tert-OH is 1. The molecule has 4 rings (SSSR count). The van der Waals surface area contributed by atoms with Crippen LogP contribution in [0.1, 0.15) is 24.1 Å². The van der Waals surface area contributed by atoms with E-state index in [1.54, 1.807) is 0 Å². The molecule has 25 heavy (non-hydrogen) atoms. The lowest BCUT2D eigenvalue weighted by molar-refractivity contribution is 0.153. The molecule has 0 saturated carbocycles. The quantitative estimate of drug-likeness (QED) is 0.721. The highest BCUT2D eigenvalue weighted by atomic mass is 16.6. The van der Waals surface area contributed by atoms with Gasteiger partial charge in [-0.05, 0) is 53.3 Å². The van der Waals surface area contributed by atoms with Crippen molar-refractivity contribution in [2.24, 2.45) is 5.92 Å². The molecule has 1 atom stereocenters. The number of hydrogen-bond donors (Lipinski definition) is 1. The van der Waals surface area contributed by atoms with Crippen LogP contribution in [0.4, 0.5) is 0 Å². The Labute approximate surface area is 145 Å². The monoisotopic (exact) mass is 342 g/mol. The maximum Gasteiger partial charge on any atom is 0.135 e. The van der Waals surface area contributed by atoms with Gasteiger partial charge in [-0.1, -0.05) is 11.3 Å². The summed E-state index contributed by atoms with van der Waals surface area (Å²) in [4.78, 5) is 2.48. The van der Waals surface area contributed by atoms with Crippen LogP contribution in [0.25, 0.3) is 11.0 Å². The standard InChI is InChI=1S/C17H22N6O2/c24-7-5-15-12-23(21-18-15)11-14-2-1-6-22(10-14)9-13-3-4-16-17(8-13)20-25-19-16/h3-4,8,12,14,24H,1-2,5-7,9-11H2. The number of aromatic nitrogens is 5. The van der Waals surface area contributed by atoms with Gasteiger partial charge in [0, 0.05) is 38.9 Å². The first-order valence-corrected chi connectivity index (χ1v) is 8.73. The lowest BCUT2D eigenvalue weighted by atomic mass is 9.97. The molecule has 1 fully saturated rings. The van der Waals surface area contributed by atoms with Crippen LogP contribution in [0.15, 0.2) is 29.0 Å². The minimum absolute atomic E-state index is 0.112. The van der Waals surface area contributed by atoms with Gasteiger partial charge in [0.25, 0.3) is 0 Å². The lowest BCUT2D eigenvalue weighted by Gasteiger charge is -2.32. The average molecular weight is 342 g/mol. The van der Waals surface area contributed by atoms with Crippen molar-refractivity contribution < 1.29 is 9.74 Å². The second-order valence-corrected chi connectivity index (χ2v) is 6.74. The largest absolute Gasteiger partial charge is 0.396 e. The zero-order valence-corrected chi connectivity index (χ0v) is 14.1. The summed E-state index contributed by atoms with van der Waals surface area (Å²) in [5, 5.41) is 25.0. The van der Waals surface area contributed by atoms with Crippen LogP contribution in [0, 0.1) is 5.92 Å². The molecule has 1 aliphatic heterocycles. The van der Waals surface area contributed by atoms with E-state index in [4.69, 9.17) is 9.74 Å². The molecule has 1 aliphatic rings. The maximum atomic E-state index is 8.98. The van der Waals surface area contributed by atoms with E-state index in [9.17, 15) is 0 Å². The van der Waals surface area contributed by atoms with Gasteiger partial charge in [0.15, 0.2) is 0 Å². The molecule has 1 unspecified atom stereocenters. The first kappa shape index (κ1) is 16.2. The maximum absolute atomic E-state index is 8.98. The van der Waals surface area contributed by atoms with E-state index in [0.29, 0.717) is 12.3 Å². The summed E-state index contributed by atoms with van der Waals surface area (Å²) in [5.41, 5.74) is 3.69. The fourth-order valence-corrected chi connectivity index (χ4v) is 3.55. The first-order chi connectivity index (χ1) is 12.3. The van der Waals surface area contributed by atoms with E-state index in [-0.39, 0.29) is 6.61 Å². The van der Waals surface area contributed by atoms with Gasteiger partial charge in [0.1, 0.15) is 11.0 Å². The van der Waals surface area contributed by atoms with Gasteiger partial charge in [-0.3, -0.25) is 9.58 Å². The zero-order valence-electron chi connectivity index (χ0n) is 14.1. The summed E-state index contributed by atoms with van der Waals surface area (Å²) in [6, 6.07) is 6.10. The number of nitrogens with zero attached hydrogens (tertiary/aromatic N) is 6. The number of fused-ring (bicyclic) bond motifs is 1. The summed E-state index contributed by atoms with van der Waals surface area (Å²) in [5.74, 6) is 0.565. The predicted molar refractivity (Wildman–Crippen MR) is 90.6 cm³/mol. The first-order valence-electron chi connectivity index (χ1n) is 8.73. The Morgan fingerprint density at radius 2 is 2.16 bits per heavy atom. The topological polar surface area (TPSA) is 93.1 Å².